The maximum atomic E-state index is 14.1. The third-order valence-corrected chi connectivity index (χ3v) is 8.75. The van der Waals surface area contributed by atoms with Crippen LogP contribution in [0.4, 0.5) is 17.1 Å². The van der Waals surface area contributed by atoms with Gasteiger partial charge in [0.15, 0.2) is 0 Å². The second-order valence-electron chi connectivity index (χ2n) is 10.5. The summed E-state index contributed by atoms with van der Waals surface area (Å²) in [4.78, 5) is 7.16. The molecule has 5 heteroatoms. The van der Waals surface area contributed by atoms with Crippen molar-refractivity contribution in [2.24, 2.45) is 0 Å². The SMILES string of the molecule is Cc1ccc(S(=O)CC(c2ccc(N(C)C)cc2)(c2ccc(N(C)C)cc2)c2ccc(N(C)C)cc2)cc1. The van der Waals surface area contributed by atoms with E-state index in [-0.39, 0.29) is 0 Å². The largest absolute Gasteiger partial charge is 0.378 e. The lowest BCUT2D eigenvalue weighted by atomic mass is 9.70. The lowest BCUT2D eigenvalue weighted by molar-refractivity contribution is 0.653. The standard InChI is InChI=1S/C33H39N3OS/c1-25-8-22-32(23-9-25)38(37)24-33(26-10-16-29(17-11-26)34(2)3,27-12-18-30(19-13-27)35(4)5)28-14-20-31(21-15-28)36(6)7/h8-23H,24H2,1-7H3. The highest BCUT2D eigenvalue weighted by Crippen LogP contribution is 2.42. The summed E-state index contributed by atoms with van der Waals surface area (Å²) in [6.07, 6.45) is 0. The van der Waals surface area contributed by atoms with Crippen LogP contribution in [0.1, 0.15) is 22.3 Å². The first-order valence-corrected chi connectivity index (χ1v) is 14.2. The van der Waals surface area contributed by atoms with Crippen molar-refractivity contribution in [2.75, 3.05) is 62.7 Å². The molecule has 0 aliphatic rings. The maximum Gasteiger partial charge on any atom is 0.0569 e. The van der Waals surface area contributed by atoms with Gasteiger partial charge in [0.05, 0.1) is 16.2 Å². The van der Waals surface area contributed by atoms with Gasteiger partial charge in [0.25, 0.3) is 0 Å². The molecule has 0 spiro atoms. The van der Waals surface area contributed by atoms with E-state index in [0.717, 1.165) is 44.2 Å². The van der Waals surface area contributed by atoms with Crippen LogP contribution in [-0.2, 0) is 16.2 Å². The molecule has 0 aliphatic heterocycles. The minimum absolute atomic E-state index is 0.431. The molecule has 0 radical (unpaired) electrons. The normalized spacial score (nSPS) is 12.2. The summed E-state index contributed by atoms with van der Waals surface area (Å²) in [6, 6.07) is 34.2. The summed E-state index contributed by atoms with van der Waals surface area (Å²) in [7, 11) is 11.1. The van der Waals surface area contributed by atoms with Crippen molar-refractivity contribution >= 4 is 27.9 Å². The molecule has 0 N–H and O–H groups in total. The van der Waals surface area contributed by atoms with Crippen molar-refractivity contribution < 1.29 is 4.21 Å². The van der Waals surface area contributed by atoms with Gasteiger partial charge in [-0.1, -0.05) is 54.1 Å². The Morgan fingerprint density at radius 3 is 1.13 bits per heavy atom. The van der Waals surface area contributed by atoms with Gasteiger partial charge in [-0.2, -0.15) is 0 Å². The van der Waals surface area contributed by atoms with Crippen molar-refractivity contribution in [3.63, 3.8) is 0 Å². The average Bonchev–Trinajstić information content (AvgIpc) is 2.92. The Labute approximate surface area is 231 Å². The van der Waals surface area contributed by atoms with Crippen LogP contribution in [0.3, 0.4) is 0 Å². The summed E-state index contributed by atoms with van der Waals surface area (Å²) >= 11 is 0. The van der Waals surface area contributed by atoms with Gasteiger partial charge in [-0.3, -0.25) is 4.21 Å². The molecule has 0 fully saturated rings. The highest BCUT2D eigenvalue weighted by Gasteiger charge is 2.39. The molecule has 4 rings (SSSR count). The minimum Gasteiger partial charge on any atom is -0.378 e. The van der Waals surface area contributed by atoms with Gasteiger partial charge in [-0.05, 0) is 72.1 Å². The van der Waals surface area contributed by atoms with E-state index >= 15 is 0 Å². The molecule has 0 saturated carbocycles. The predicted molar refractivity (Wildman–Crippen MR) is 165 cm³/mol. The van der Waals surface area contributed by atoms with Crippen molar-refractivity contribution in [2.45, 2.75) is 17.2 Å². The van der Waals surface area contributed by atoms with Crippen LogP contribution in [0.5, 0.6) is 0 Å². The minimum atomic E-state index is -1.24. The molecule has 38 heavy (non-hydrogen) atoms. The summed E-state index contributed by atoms with van der Waals surface area (Å²) < 4.78 is 14.1. The summed E-state index contributed by atoms with van der Waals surface area (Å²) in [5.41, 5.74) is 7.32. The Kier molecular flexibility index (Phi) is 8.27. The van der Waals surface area contributed by atoms with Gasteiger partial charge in [-0.25, -0.2) is 0 Å². The molecule has 0 amide bonds. The summed E-state index contributed by atoms with van der Waals surface area (Å²) in [5, 5.41) is 0. The summed E-state index contributed by atoms with van der Waals surface area (Å²) in [5.74, 6) is 0.431. The molecule has 0 aliphatic carbocycles. The highest BCUT2D eigenvalue weighted by molar-refractivity contribution is 7.85. The van der Waals surface area contributed by atoms with Crippen molar-refractivity contribution in [1.82, 2.24) is 0 Å². The quantitative estimate of drug-likeness (QED) is 0.239. The molecule has 0 saturated heterocycles. The first kappa shape index (κ1) is 27.5. The van der Waals surface area contributed by atoms with Gasteiger partial charge >= 0.3 is 0 Å². The third-order valence-electron chi connectivity index (χ3n) is 7.26. The van der Waals surface area contributed by atoms with Gasteiger partial charge in [-0.15, -0.1) is 0 Å². The molecule has 1 unspecified atom stereocenters. The summed E-state index contributed by atoms with van der Waals surface area (Å²) in [6.45, 7) is 2.06. The third kappa shape index (κ3) is 5.63. The van der Waals surface area contributed by atoms with Gasteiger partial charge in [0, 0.05) is 70.0 Å². The number of hydrogen-bond acceptors (Lipinski definition) is 4. The highest BCUT2D eigenvalue weighted by atomic mass is 32.2. The Bertz CT molecular complexity index is 1230. The molecule has 0 heterocycles. The molecular formula is C33H39N3OS. The van der Waals surface area contributed by atoms with E-state index in [9.17, 15) is 4.21 Å². The monoisotopic (exact) mass is 525 g/mol. The Morgan fingerprint density at radius 1 is 0.526 bits per heavy atom. The predicted octanol–water partition coefficient (Wildman–Crippen LogP) is 6.34. The fraction of sp³-hybridized carbons (Fsp3) is 0.273. The molecule has 198 valence electrons. The van der Waals surface area contributed by atoms with E-state index in [1.165, 1.54) is 0 Å². The fourth-order valence-electron chi connectivity index (χ4n) is 4.85. The number of anilines is 3. The van der Waals surface area contributed by atoms with E-state index in [1.807, 2.05) is 24.3 Å². The first-order chi connectivity index (χ1) is 18.1. The topological polar surface area (TPSA) is 26.8 Å². The number of rotatable bonds is 9. The van der Waals surface area contributed by atoms with Gasteiger partial charge < -0.3 is 14.7 Å². The fourth-order valence-corrected chi connectivity index (χ4v) is 6.35. The number of aryl methyl sites for hydroxylation is 1. The zero-order chi connectivity index (χ0) is 27.4. The molecule has 4 aromatic rings. The van der Waals surface area contributed by atoms with Crippen LogP contribution in [0, 0.1) is 6.92 Å². The molecule has 1 atom stereocenters. The average molecular weight is 526 g/mol. The van der Waals surface area contributed by atoms with E-state index < -0.39 is 16.2 Å². The Morgan fingerprint density at radius 2 is 0.842 bits per heavy atom. The number of benzene rings is 4. The Balaban J connectivity index is 1.97. The lowest BCUT2D eigenvalue weighted by Gasteiger charge is -2.36. The van der Waals surface area contributed by atoms with Crippen LogP contribution < -0.4 is 14.7 Å². The zero-order valence-corrected chi connectivity index (χ0v) is 24.4. The van der Waals surface area contributed by atoms with Crippen molar-refractivity contribution in [1.29, 1.82) is 0 Å². The van der Waals surface area contributed by atoms with E-state index in [1.54, 1.807) is 0 Å². The van der Waals surface area contributed by atoms with E-state index in [2.05, 4.69) is 137 Å². The van der Waals surface area contributed by atoms with Crippen LogP contribution >= 0.6 is 0 Å². The Hall–Kier alpha value is -3.57. The van der Waals surface area contributed by atoms with Crippen molar-refractivity contribution in [3.05, 3.63) is 119 Å². The van der Waals surface area contributed by atoms with Crippen LogP contribution in [0.15, 0.2) is 102 Å². The van der Waals surface area contributed by atoms with Crippen molar-refractivity contribution in [3.8, 4) is 0 Å². The second kappa shape index (κ2) is 11.4. The van der Waals surface area contributed by atoms with Crippen LogP contribution in [-0.4, -0.2) is 52.2 Å². The van der Waals surface area contributed by atoms with Gasteiger partial charge in [0.2, 0.25) is 0 Å². The molecule has 4 aromatic carbocycles. The number of nitrogens with zero attached hydrogens (tertiary/aromatic N) is 3. The van der Waals surface area contributed by atoms with Gasteiger partial charge in [0.1, 0.15) is 0 Å². The molecule has 0 aromatic heterocycles. The lowest BCUT2D eigenvalue weighted by Crippen LogP contribution is -2.36. The van der Waals surface area contributed by atoms with Crippen LogP contribution in [0.25, 0.3) is 0 Å². The van der Waals surface area contributed by atoms with E-state index in [0.29, 0.717) is 5.75 Å². The zero-order valence-electron chi connectivity index (χ0n) is 23.6. The molecular weight excluding hydrogens is 486 g/mol. The second-order valence-corrected chi connectivity index (χ2v) is 12.0. The molecule has 0 bridgehead atoms. The first-order valence-electron chi connectivity index (χ1n) is 12.9. The van der Waals surface area contributed by atoms with Crippen LogP contribution in [0.2, 0.25) is 0 Å². The maximum absolute atomic E-state index is 14.1. The molecule has 4 nitrogen and oxygen atoms in total. The van der Waals surface area contributed by atoms with E-state index in [4.69, 9.17) is 0 Å². The smallest absolute Gasteiger partial charge is 0.0569 e. The number of hydrogen-bond donors (Lipinski definition) is 0.